The summed E-state index contributed by atoms with van der Waals surface area (Å²) >= 11 is 0. The van der Waals surface area contributed by atoms with Crippen molar-refractivity contribution in [1.82, 2.24) is 5.32 Å². The van der Waals surface area contributed by atoms with Crippen LogP contribution in [0.25, 0.3) is 0 Å². The summed E-state index contributed by atoms with van der Waals surface area (Å²) in [5, 5.41) is 3.27. The maximum absolute atomic E-state index is 11.9. The zero-order chi connectivity index (χ0) is 14.5. The van der Waals surface area contributed by atoms with Crippen LogP contribution in [-0.2, 0) is 9.84 Å². The molecule has 0 aliphatic heterocycles. The van der Waals surface area contributed by atoms with E-state index in [1.165, 1.54) is 19.3 Å². The van der Waals surface area contributed by atoms with E-state index in [4.69, 9.17) is 0 Å². The molecule has 1 aliphatic rings. The van der Waals surface area contributed by atoms with Crippen molar-refractivity contribution >= 4 is 9.84 Å². The molecule has 2 unspecified atom stereocenters. The number of hydrogen-bond donors (Lipinski definition) is 1. The van der Waals surface area contributed by atoms with Gasteiger partial charge in [0.1, 0.15) is 9.84 Å². The minimum atomic E-state index is -2.83. The van der Waals surface area contributed by atoms with Crippen molar-refractivity contribution < 1.29 is 8.42 Å². The quantitative estimate of drug-likeness (QED) is 0.784. The fraction of sp³-hybridized carbons (Fsp3) is 1.00. The lowest BCUT2D eigenvalue weighted by Crippen LogP contribution is -2.36. The Kier molecular flexibility index (Phi) is 6.31. The average Bonchev–Trinajstić information content (AvgIpc) is 2.29. The first kappa shape index (κ1) is 17.0. The Morgan fingerprint density at radius 2 is 1.89 bits per heavy atom. The van der Waals surface area contributed by atoms with Crippen LogP contribution in [0.4, 0.5) is 0 Å². The third-order valence-electron chi connectivity index (χ3n) is 4.45. The molecule has 0 bridgehead atoms. The molecule has 1 aliphatic carbocycles. The van der Waals surface area contributed by atoms with E-state index < -0.39 is 9.84 Å². The number of nitrogens with one attached hydrogen (secondary N) is 1. The molecule has 1 rings (SSSR count). The van der Waals surface area contributed by atoms with Crippen molar-refractivity contribution in [1.29, 1.82) is 0 Å². The topological polar surface area (TPSA) is 46.2 Å². The highest BCUT2D eigenvalue weighted by Gasteiger charge is 2.34. The van der Waals surface area contributed by atoms with E-state index in [0.29, 0.717) is 28.8 Å². The molecule has 0 heterocycles. The van der Waals surface area contributed by atoms with Crippen molar-refractivity contribution in [2.75, 3.05) is 25.1 Å². The third-order valence-corrected chi connectivity index (χ3v) is 6.34. The highest BCUT2D eigenvalue weighted by Crippen LogP contribution is 2.43. The largest absolute Gasteiger partial charge is 0.319 e. The molecule has 0 spiro atoms. The van der Waals surface area contributed by atoms with E-state index in [0.717, 1.165) is 19.4 Å². The van der Waals surface area contributed by atoms with Crippen LogP contribution in [0.15, 0.2) is 0 Å². The van der Waals surface area contributed by atoms with Gasteiger partial charge in [0.05, 0.1) is 5.75 Å². The van der Waals surface area contributed by atoms with Crippen LogP contribution in [0, 0.1) is 17.3 Å². The van der Waals surface area contributed by atoms with Gasteiger partial charge in [0.2, 0.25) is 0 Å². The van der Waals surface area contributed by atoms with E-state index in [1.54, 1.807) is 0 Å². The van der Waals surface area contributed by atoms with Crippen LogP contribution < -0.4 is 5.32 Å². The van der Waals surface area contributed by atoms with Gasteiger partial charge in [-0.2, -0.15) is 0 Å². The van der Waals surface area contributed by atoms with Gasteiger partial charge in [0, 0.05) is 5.75 Å². The van der Waals surface area contributed by atoms with E-state index >= 15 is 0 Å². The Morgan fingerprint density at radius 1 is 1.21 bits per heavy atom. The maximum atomic E-state index is 11.9. The van der Waals surface area contributed by atoms with E-state index in [9.17, 15) is 8.42 Å². The summed E-state index contributed by atoms with van der Waals surface area (Å²) in [6.07, 6.45) is 5.24. The zero-order valence-electron chi connectivity index (χ0n) is 13.0. The standard InChI is InChI=1S/C15H31NO2S/c1-5-9-19(17,18)10-7-13-11-15(2,3)8-6-14(13)12-16-4/h13-14,16H,5-12H2,1-4H3. The second-order valence-electron chi connectivity index (χ2n) is 6.93. The van der Waals surface area contributed by atoms with E-state index in [1.807, 2.05) is 14.0 Å². The molecule has 3 nitrogen and oxygen atoms in total. The lowest BCUT2D eigenvalue weighted by atomic mass is 9.66. The molecule has 4 heteroatoms. The van der Waals surface area contributed by atoms with Gasteiger partial charge in [-0.3, -0.25) is 0 Å². The average molecular weight is 289 g/mol. The molecule has 0 radical (unpaired) electrons. The lowest BCUT2D eigenvalue weighted by molar-refractivity contribution is 0.115. The molecule has 1 saturated carbocycles. The number of hydrogen-bond acceptors (Lipinski definition) is 3. The predicted molar refractivity (Wildman–Crippen MR) is 82.1 cm³/mol. The maximum Gasteiger partial charge on any atom is 0.150 e. The molecule has 1 N–H and O–H groups in total. The van der Waals surface area contributed by atoms with E-state index in [-0.39, 0.29) is 0 Å². The SMILES string of the molecule is CCCS(=O)(=O)CCC1CC(C)(C)CCC1CNC. The minimum Gasteiger partial charge on any atom is -0.319 e. The summed E-state index contributed by atoms with van der Waals surface area (Å²) in [5.74, 6) is 1.93. The summed E-state index contributed by atoms with van der Waals surface area (Å²) in [5.41, 5.74) is 0.378. The Bertz CT molecular complexity index is 362. The highest BCUT2D eigenvalue weighted by molar-refractivity contribution is 7.91. The van der Waals surface area contributed by atoms with Gasteiger partial charge in [-0.25, -0.2) is 8.42 Å². The smallest absolute Gasteiger partial charge is 0.150 e. The summed E-state index contributed by atoms with van der Waals surface area (Å²) in [6, 6.07) is 0. The first-order chi connectivity index (χ1) is 8.79. The Hall–Kier alpha value is -0.0900. The van der Waals surface area contributed by atoms with Crippen LogP contribution in [0.1, 0.15) is 52.9 Å². The molecule has 0 aromatic carbocycles. The normalized spacial score (nSPS) is 27.4. The second kappa shape index (κ2) is 7.07. The molecule has 19 heavy (non-hydrogen) atoms. The number of rotatable bonds is 7. The highest BCUT2D eigenvalue weighted by atomic mass is 32.2. The van der Waals surface area contributed by atoms with Crippen LogP contribution in [0.5, 0.6) is 0 Å². The van der Waals surface area contributed by atoms with Crippen molar-refractivity contribution in [2.45, 2.75) is 52.9 Å². The molecule has 1 fully saturated rings. The Labute approximate surface area is 119 Å². The van der Waals surface area contributed by atoms with E-state index in [2.05, 4.69) is 19.2 Å². The zero-order valence-corrected chi connectivity index (χ0v) is 13.9. The van der Waals surface area contributed by atoms with Crippen LogP contribution in [0.2, 0.25) is 0 Å². The molecule has 0 saturated heterocycles. The monoisotopic (exact) mass is 289 g/mol. The van der Waals surface area contributed by atoms with Crippen molar-refractivity contribution in [2.24, 2.45) is 17.3 Å². The molecule has 0 amide bonds. The summed E-state index contributed by atoms with van der Waals surface area (Å²) in [7, 11) is -0.836. The van der Waals surface area contributed by atoms with Gasteiger partial charge in [-0.1, -0.05) is 20.8 Å². The van der Waals surface area contributed by atoms with Gasteiger partial charge < -0.3 is 5.32 Å². The van der Waals surface area contributed by atoms with Crippen molar-refractivity contribution in [3.63, 3.8) is 0 Å². The molecule has 0 aromatic heterocycles. The summed E-state index contributed by atoms with van der Waals surface area (Å²) < 4.78 is 23.8. The fourth-order valence-electron chi connectivity index (χ4n) is 3.40. The second-order valence-corrected chi connectivity index (χ2v) is 9.23. The first-order valence-electron chi connectivity index (χ1n) is 7.64. The van der Waals surface area contributed by atoms with Gasteiger partial charge >= 0.3 is 0 Å². The molecular weight excluding hydrogens is 258 g/mol. The summed E-state index contributed by atoms with van der Waals surface area (Å²) in [6.45, 7) is 7.59. The number of sulfone groups is 1. The van der Waals surface area contributed by atoms with Crippen LogP contribution >= 0.6 is 0 Å². The molecule has 2 atom stereocenters. The van der Waals surface area contributed by atoms with Crippen molar-refractivity contribution in [3.8, 4) is 0 Å². The minimum absolute atomic E-state index is 0.347. The predicted octanol–water partition coefficient (Wildman–Crippen LogP) is 2.86. The molecule has 114 valence electrons. The Balaban J connectivity index is 2.60. The van der Waals surface area contributed by atoms with Gasteiger partial charge in [-0.15, -0.1) is 0 Å². The molecule has 0 aromatic rings. The van der Waals surface area contributed by atoms with Gasteiger partial charge in [0.15, 0.2) is 0 Å². The van der Waals surface area contributed by atoms with Crippen molar-refractivity contribution in [3.05, 3.63) is 0 Å². The molecular formula is C15H31NO2S. The lowest BCUT2D eigenvalue weighted by Gasteiger charge is -2.41. The van der Waals surface area contributed by atoms with Gasteiger partial charge in [0.25, 0.3) is 0 Å². The van der Waals surface area contributed by atoms with Gasteiger partial charge in [-0.05, 0) is 62.9 Å². The first-order valence-corrected chi connectivity index (χ1v) is 9.47. The third kappa shape index (κ3) is 5.82. The van der Waals surface area contributed by atoms with Crippen LogP contribution in [-0.4, -0.2) is 33.5 Å². The Morgan fingerprint density at radius 3 is 2.47 bits per heavy atom. The fourth-order valence-corrected chi connectivity index (χ4v) is 4.89. The van der Waals surface area contributed by atoms with Crippen LogP contribution in [0.3, 0.4) is 0 Å². The summed E-state index contributed by atoms with van der Waals surface area (Å²) in [4.78, 5) is 0.